The number of rotatable bonds is 15. The first-order valence-corrected chi connectivity index (χ1v) is 17.4. The van der Waals surface area contributed by atoms with E-state index in [1.165, 1.54) is 0 Å². The van der Waals surface area contributed by atoms with E-state index in [2.05, 4.69) is 40.8 Å². The zero-order valence-corrected chi connectivity index (χ0v) is 29.9. The number of amides is 2. The molecule has 0 aromatic carbocycles. The van der Waals surface area contributed by atoms with Crippen molar-refractivity contribution in [2.24, 2.45) is 4.99 Å². The zero-order valence-electron chi connectivity index (χ0n) is 28.2. The van der Waals surface area contributed by atoms with Gasteiger partial charge in [0.2, 0.25) is 12.3 Å². The van der Waals surface area contributed by atoms with Crippen molar-refractivity contribution >= 4 is 59.4 Å². The van der Waals surface area contributed by atoms with Gasteiger partial charge in [-0.25, -0.2) is 9.97 Å². The molecule has 2 amide bonds. The second-order valence-electron chi connectivity index (χ2n) is 10.6. The number of ether oxygens (including phenoxy) is 1. The Hall–Kier alpha value is -3.09. The maximum atomic E-state index is 11.3. The summed E-state index contributed by atoms with van der Waals surface area (Å²) in [6, 6.07) is 4.31. The third kappa shape index (κ3) is 15.6. The summed E-state index contributed by atoms with van der Waals surface area (Å²) in [5, 5.41) is 13.8. The summed E-state index contributed by atoms with van der Waals surface area (Å²) in [5.41, 5.74) is 3.83. The Morgan fingerprint density at radius 3 is 2.58 bits per heavy atom. The largest absolute Gasteiger partial charge is 0.375 e. The van der Waals surface area contributed by atoms with Gasteiger partial charge in [-0.15, -0.1) is 23.1 Å². The second kappa shape index (κ2) is 23.3. The van der Waals surface area contributed by atoms with Crippen LogP contribution in [0.3, 0.4) is 0 Å². The molecule has 12 heteroatoms. The van der Waals surface area contributed by atoms with Crippen LogP contribution in [-0.4, -0.2) is 89.8 Å². The van der Waals surface area contributed by atoms with Crippen LogP contribution in [0, 0.1) is 26.2 Å². The average Bonchev–Trinajstić information content (AvgIpc) is 3.36. The van der Waals surface area contributed by atoms with E-state index in [9.17, 15) is 9.59 Å². The number of pyridine rings is 1. The molecule has 10 nitrogen and oxygen atoms in total. The Labute approximate surface area is 278 Å². The zero-order chi connectivity index (χ0) is 33.6. The number of nitrogens with zero attached hydrogens (tertiary/aromatic N) is 5. The Morgan fingerprint density at radius 1 is 1.29 bits per heavy atom. The smallest absolute Gasteiger partial charge is 0.248 e. The van der Waals surface area contributed by atoms with E-state index in [1.54, 1.807) is 30.2 Å². The van der Waals surface area contributed by atoms with Crippen molar-refractivity contribution in [2.75, 3.05) is 44.5 Å². The lowest BCUT2D eigenvalue weighted by atomic mass is 9.97. The Balaban J connectivity index is 0.000000363. The Kier molecular flexibility index (Phi) is 20.7. The number of unbranched alkanes of at least 4 members (excludes halogenated alkanes) is 1. The highest BCUT2D eigenvalue weighted by Gasteiger charge is 2.22. The van der Waals surface area contributed by atoms with Crippen LogP contribution in [0.4, 0.5) is 5.82 Å². The van der Waals surface area contributed by atoms with Crippen LogP contribution in [0.2, 0.25) is 0 Å². The molecule has 0 aliphatic carbocycles. The summed E-state index contributed by atoms with van der Waals surface area (Å²) in [6.07, 6.45) is 8.63. The standard InChI is InChI=1S/C15H18N4S2.C9H16N2O.C9H19NO2/c1-10-5-6-14(17-7-10)18-9-20-8-13(16-4)15-11(2)19-12(3)21-15;1-2-3-9-6-8(10)4-5-11(9)7-12;1-4-6-7-10(5-2)9(11)8-12-3/h5-8H,4,9H2,1-3H3,(H,17,18);7,9-10H,2-6H2,1H3;4-8H2,1-3H3/b13-8-;;/t;9-;/m.0./s1. The SMILES string of the molecule is C=N/C(=C\SCNc1ccc(C)cn1)c1sc(C)nc1C.CCCCN(CC)C(=O)COC.CCC[C@H]1CC(=N)CCN1C=O. The molecule has 1 atom stereocenters. The number of anilines is 1. The molecule has 0 unspecified atom stereocenters. The summed E-state index contributed by atoms with van der Waals surface area (Å²) in [6.45, 7) is 18.5. The number of nitrogens with one attached hydrogen (secondary N) is 2. The Morgan fingerprint density at radius 2 is 2.04 bits per heavy atom. The second-order valence-corrected chi connectivity index (χ2v) is 12.7. The molecule has 1 aliphatic heterocycles. The summed E-state index contributed by atoms with van der Waals surface area (Å²) in [5.74, 6) is 1.69. The molecule has 1 aliphatic rings. The van der Waals surface area contributed by atoms with Crippen LogP contribution < -0.4 is 5.32 Å². The third-order valence-electron chi connectivity index (χ3n) is 6.91. The average molecular weight is 660 g/mol. The van der Waals surface area contributed by atoms with E-state index in [4.69, 9.17) is 10.1 Å². The van der Waals surface area contributed by atoms with E-state index >= 15 is 0 Å². The minimum atomic E-state index is 0.0912. The summed E-state index contributed by atoms with van der Waals surface area (Å²) >= 11 is 3.27. The fraction of sp³-hybridized carbons (Fsp3) is 0.576. The maximum Gasteiger partial charge on any atom is 0.248 e. The van der Waals surface area contributed by atoms with E-state index in [0.29, 0.717) is 6.04 Å². The first kappa shape index (κ1) is 39.9. The summed E-state index contributed by atoms with van der Waals surface area (Å²) < 4.78 is 4.78. The normalized spacial score (nSPS) is 14.5. The first-order chi connectivity index (χ1) is 21.6. The molecule has 0 spiro atoms. The predicted molar refractivity (Wildman–Crippen MR) is 192 cm³/mol. The van der Waals surface area contributed by atoms with E-state index in [0.717, 1.165) is 109 Å². The highest BCUT2D eigenvalue weighted by atomic mass is 32.2. The van der Waals surface area contributed by atoms with Gasteiger partial charge >= 0.3 is 0 Å². The van der Waals surface area contributed by atoms with Gasteiger partial charge in [-0.1, -0.05) is 32.8 Å². The molecule has 3 rings (SSSR count). The van der Waals surface area contributed by atoms with Crippen LogP contribution in [0.15, 0.2) is 28.7 Å². The number of likely N-dealkylation sites (tertiary alicyclic amines) is 1. The molecule has 0 radical (unpaired) electrons. The van der Waals surface area contributed by atoms with E-state index in [-0.39, 0.29) is 12.5 Å². The van der Waals surface area contributed by atoms with Crippen molar-refractivity contribution in [3.8, 4) is 0 Å². The van der Waals surface area contributed by atoms with Crippen molar-refractivity contribution in [2.45, 2.75) is 86.1 Å². The van der Waals surface area contributed by atoms with E-state index < -0.39 is 0 Å². The van der Waals surface area contributed by atoms with Gasteiger partial charge in [-0.2, -0.15) is 0 Å². The fourth-order valence-corrected chi connectivity index (χ4v) is 6.09. The van der Waals surface area contributed by atoms with Crippen LogP contribution in [-0.2, 0) is 14.3 Å². The number of thioether (sulfide) groups is 1. The fourth-order valence-electron chi connectivity index (χ4n) is 4.45. The molecule has 0 bridgehead atoms. The number of methoxy groups -OCH3 is 1. The number of aryl methyl sites for hydroxylation is 3. The molecule has 2 aromatic heterocycles. The van der Waals surface area contributed by atoms with Crippen molar-refractivity contribution in [1.82, 2.24) is 19.8 Å². The third-order valence-corrected chi connectivity index (χ3v) is 8.71. The highest BCUT2D eigenvalue weighted by molar-refractivity contribution is 8.02. The molecule has 3 heterocycles. The highest BCUT2D eigenvalue weighted by Crippen LogP contribution is 2.28. The van der Waals surface area contributed by atoms with Gasteiger partial charge in [0.15, 0.2) is 0 Å². The molecular weight excluding hydrogens is 607 g/mol. The van der Waals surface area contributed by atoms with Gasteiger partial charge in [0.05, 0.1) is 27.2 Å². The minimum absolute atomic E-state index is 0.0912. The van der Waals surface area contributed by atoms with Crippen molar-refractivity contribution in [1.29, 1.82) is 5.41 Å². The molecule has 45 heavy (non-hydrogen) atoms. The topological polar surface area (TPSA) is 124 Å². The molecule has 1 fully saturated rings. The molecular formula is C33H53N7O3S2. The number of likely N-dealkylation sites (N-methyl/N-ethyl adjacent to an activating group) is 1. The number of hydrogen-bond donors (Lipinski definition) is 2. The molecule has 2 N–H and O–H groups in total. The van der Waals surface area contributed by atoms with Gasteiger partial charge in [-0.05, 0) is 64.3 Å². The minimum Gasteiger partial charge on any atom is -0.375 e. The number of carbonyl (C=O) groups excluding carboxylic acids is 2. The molecule has 2 aromatic rings. The number of aromatic nitrogens is 2. The van der Waals surface area contributed by atoms with Crippen molar-refractivity contribution in [3.63, 3.8) is 0 Å². The molecule has 250 valence electrons. The lowest BCUT2D eigenvalue weighted by molar-refractivity contribution is -0.135. The van der Waals surface area contributed by atoms with E-state index in [1.807, 2.05) is 61.2 Å². The summed E-state index contributed by atoms with van der Waals surface area (Å²) in [7, 11) is 1.55. The quantitative estimate of drug-likeness (QED) is 0.0916. The number of thiazole rings is 1. The number of piperidine rings is 1. The maximum absolute atomic E-state index is 11.3. The monoisotopic (exact) mass is 659 g/mol. The first-order valence-electron chi connectivity index (χ1n) is 15.6. The molecule has 0 saturated carbocycles. The van der Waals surface area contributed by atoms with Crippen LogP contribution in [0.5, 0.6) is 0 Å². The van der Waals surface area contributed by atoms with Crippen LogP contribution in [0.1, 0.15) is 80.4 Å². The van der Waals surface area contributed by atoms with Gasteiger partial charge in [0.1, 0.15) is 12.4 Å². The Bertz CT molecular complexity index is 1200. The van der Waals surface area contributed by atoms with Crippen LogP contribution >= 0.6 is 23.1 Å². The number of carbonyl (C=O) groups is 2. The van der Waals surface area contributed by atoms with Gasteiger partial charge in [0.25, 0.3) is 0 Å². The van der Waals surface area contributed by atoms with Gasteiger partial charge in [0, 0.05) is 57.5 Å². The van der Waals surface area contributed by atoms with Crippen molar-refractivity contribution in [3.05, 3.63) is 44.9 Å². The summed E-state index contributed by atoms with van der Waals surface area (Å²) in [4.78, 5) is 39.5. The van der Waals surface area contributed by atoms with Gasteiger partial charge in [-0.3, -0.25) is 14.6 Å². The number of aliphatic imine (C=N–C) groups is 1. The lowest BCUT2D eigenvalue weighted by Gasteiger charge is -2.32. The van der Waals surface area contributed by atoms with Crippen molar-refractivity contribution < 1.29 is 14.3 Å². The van der Waals surface area contributed by atoms with Gasteiger partial charge < -0.3 is 25.3 Å². The predicted octanol–water partition coefficient (Wildman–Crippen LogP) is 6.97. The lowest BCUT2D eigenvalue weighted by Crippen LogP contribution is -2.41. The molecule has 1 saturated heterocycles. The van der Waals surface area contributed by atoms with Crippen LogP contribution in [0.25, 0.3) is 5.70 Å². The number of hydrogen-bond acceptors (Lipinski definition) is 10.